The monoisotopic (exact) mass is 692 g/mol. The predicted octanol–water partition coefficient (Wildman–Crippen LogP) is 7.53. The van der Waals surface area contributed by atoms with E-state index in [0.29, 0.717) is 6.92 Å². The fraction of sp³-hybridized carbons (Fsp3) is 1.00. The molecule has 7 unspecified atom stereocenters. The second-order valence-corrected chi connectivity index (χ2v) is 18.8. The summed E-state index contributed by atoms with van der Waals surface area (Å²) in [4.78, 5) is 0. The fourth-order valence-electron chi connectivity index (χ4n) is 6.05. The summed E-state index contributed by atoms with van der Waals surface area (Å²) in [5.74, 6) is -16.3. The smallest absolute Gasteiger partial charge is 0.415 e. The highest BCUT2D eigenvalue weighted by molar-refractivity contribution is 6.89. The van der Waals surface area contributed by atoms with Crippen LogP contribution in [0.5, 0.6) is 0 Å². The van der Waals surface area contributed by atoms with E-state index in [2.05, 4.69) is 4.12 Å². The normalized spacial score (nSPS) is 47.6. The Hall–Kier alpha value is -0.729. The van der Waals surface area contributed by atoms with Crippen molar-refractivity contribution in [3.8, 4) is 0 Å². The van der Waals surface area contributed by atoms with Crippen LogP contribution < -0.4 is 0 Å². The van der Waals surface area contributed by atoms with Gasteiger partial charge < -0.3 is 12.3 Å². The Kier molecular flexibility index (Phi) is 6.87. The van der Waals surface area contributed by atoms with Crippen LogP contribution in [0.25, 0.3) is 0 Å². The van der Waals surface area contributed by atoms with Gasteiger partial charge in [-0.25, -0.2) is 39.5 Å². The third-order valence-corrected chi connectivity index (χ3v) is 20.2. The van der Waals surface area contributed by atoms with E-state index in [1.54, 1.807) is 0 Å². The van der Waals surface area contributed by atoms with Crippen LogP contribution in [-0.4, -0.2) is 80.4 Å². The molecular formula is C17H14F18O3Si3. The Balaban J connectivity index is 1.94. The molecule has 0 spiro atoms. The number of hydrogen-bond donors (Lipinski definition) is 0. The predicted molar refractivity (Wildman–Crippen MR) is 101 cm³/mol. The van der Waals surface area contributed by atoms with Crippen LogP contribution in [0.15, 0.2) is 0 Å². The lowest BCUT2D eigenvalue weighted by molar-refractivity contribution is -0.358. The van der Waals surface area contributed by atoms with Gasteiger partial charge in [0.2, 0.25) is 0 Å². The molecule has 1 heterocycles. The van der Waals surface area contributed by atoms with Gasteiger partial charge in [-0.1, -0.05) is 6.92 Å². The van der Waals surface area contributed by atoms with E-state index in [9.17, 15) is 65.9 Å². The molecule has 3 nitrogen and oxygen atoms in total. The van der Waals surface area contributed by atoms with Gasteiger partial charge in [0.1, 0.15) is 0 Å². The average molecular weight is 693 g/mol. The molecule has 2 radical (unpaired) electrons. The maximum Gasteiger partial charge on any atom is 0.428 e. The van der Waals surface area contributed by atoms with E-state index in [1.165, 1.54) is 0 Å². The van der Waals surface area contributed by atoms with Gasteiger partial charge in [-0.2, -0.15) is 39.5 Å². The van der Waals surface area contributed by atoms with Crippen molar-refractivity contribution in [2.75, 3.05) is 0 Å². The van der Waals surface area contributed by atoms with Gasteiger partial charge >= 0.3 is 45.7 Å². The van der Waals surface area contributed by atoms with Gasteiger partial charge in [0, 0.05) is 19.3 Å². The highest BCUT2D eigenvalue weighted by Gasteiger charge is 2.96. The zero-order valence-electron chi connectivity index (χ0n) is 19.6. The molecule has 0 amide bonds. The molecule has 41 heavy (non-hydrogen) atoms. The molecule has 0 bridgehead atoms. The summed E-state index contributed by atoms with van der Waals surface area (Å²) >= 11 is 0. The topological polar surface area (TPSA) is 27.7 Å². The second-order valence-electron chi connectivity index (χ2n) is 10.3. The number of halogens is 18. The molecular weight excluding hydrogens is 678 g/mol. The zero-order valence-corrected chi connectivity index (χ0v) is 22.6. The molecule has 3 aliphatic carbocycles. The van der Waals surface area contributed by atoms with Crippen molar-refractivity contribution >= 4 is 27.1 Å². The standard InChI is InChI=1S/C17H14F18O3Si3/c1-2-40(6-3-9(18,19)12(6,24)15(27,28)29)36-39-37-41(38-40,7-4-10(20,21)13(7,25)16(30,31)32)8-5-11(22,23)14(8,26)17(33,34)35/h6-8H,2-5H2,1H3. The van der Waals surface area contributed by atoms with Crippen molar-refractivity contribution in [3.05, 3.63) is 0 Å². The van der Waals surface area contributed by atoms with Crippen molar-refractivity contribution < 1.29 is 91.4 Å². The lowest BCUT2D eigenvalue weighted by Gasteiger charge is -2.66. The quantitative estimate of drug-likeness (QED) is 0.226. The lowest BCUT2D eigenvalue weighted by Crippen LogP contribution is -2.85. The molecule has 1 aliphatic heterocycles. The van der Waals surface area contributed by atoms with Crippen molar-refractivity contribution in [1.82, 2.24) is 0 Å². The van der Waals surface area contributed by atoms with E-state index in [4.69, 9.17) is 8.23 Å². The number of alkyl halides is 18. The summed E-state index contributed by atoms with van der Waals surface area (Å²) in [7, 11) is -14.7. The van der Waals surface area contributed by atoms with Crippen LogP contribution in [0.3, 0.4) is 0 Å². The summed E-state index contributed by atoms with van der Waals surface area (Å²) in [6, 6.07) is -1.23. The van der Waals surface area contributed by atoms with E-state index in [-0.39, 0.29) is 0 Å². The van der Waals surface area contributed by atoms with Gasteiger partial charge in [0.15, 0.2) is 0 Å². The van der Waals surface area contributed by atoms with Crippen molar-refractivity contribution in [3.63, 3.8) is 0 Å². The average Bonchev–Trinajstić information content (AvgIpc) is 2.81. The fourth-order valence-corrected chi connectivity index (χ4v) is 21.0. The molecule has 4 aliphatic rings. The summed E-state index contributed by atoms with van der Waals surface area (Å²) in [6.45, 7) is 0.679. The number of hydrogen-bond acceptors (Lipinski definition) is 3. The molecule has 0 aromatic carbocycles. The maximum atomic E-state index is 15.3. The summed E-state index contributed by atoms with van der Waals surface area (Å²) in [6.07, 6.45) is -27.0. The molecule has 0 N–H and O–H groups in total. The third kappa shape index (κ3) is 3.71. The van der Waals surface area contributed by atoms with Gasteiger partial charge in [-0.05, 0) is 6.04 Å². The molecule has 4 rings (SSSR count). The van der Waals surface area contributed by atoms with E-state index in [1.807, 2.05) is 0 Å². The summed E-state index contributed by atoms with van der Waals surface area (Å²) in [5, 5.41) is 0. The van der Waals surface area contributed by atoms with Crippen LogP contribution in [0.4, 0.5) is 79.0 Å². The van der Waals surface area contributed by atoms with Crippen LogP contribution in [0, 0.1) is 0 Å². The Morgan fingerprint density at radius 1 is 0.585 bits per heavy atom. The Morgan fingerprint density at radius 3 is 1.20 bits per heavy atom. The first-order chi connectivity index (χ1) is 18.0. The molecule has 24 heteroatoms. The zero-order chi connectivity index (χ0) is 31.9. The molecule has 1 saturated heterocycles. The first kappa shape index (κ1) is 33.2. The molecule has 7 atom stereocenters. The van der Waals surface area contributed by atoms with E-state index in [0.717, 1.165) is 0 Å². The van der Waals surface area contributed by atoms with Gasteiger partial charge in [-0.3, -0.25) is 0 Å². The minimum Gasteiger partial charge on any atom is -0.415 e. The molecule has 4 fully saturated rings. The Bertz CT molecular complexity index is 999. The molecule has 238 valence electrons. The van der Waals surface area contributed by atoms with Gasteiger partial charge in [0.25, 0.3) is 34.8 Å². The lowest BCUT2D eigenvalue weighted by atomic mass is 9.75. The van der Waals surface area contributed by atoms with Crippen molar-refractivity contribution in [2.45, 2.75) is 102 Å². The second kappa shape index (κ2) is 8.50. The largest absolute Gasteiger partial charge is 0.428 e. The highest BCUT2D eigenvalue weighted by atomic mass is 28.5. The Labute approximate surface area is 221 Å². The van der Waals surface area contributed by atoms with Gasteiger partial charge in [0.05, 0.1) is 16.6 Å². The van der Waals surface area contributed by atoms with Gasteiger partial charge in [-0.15, -0.1) is 0 Å². The van der Waals surface area contributed by atoms with Crippen LogP contribution in [-0.2, 0) is 12.3 Å². The van der Waals surface area contributed by atoms with Crippen molar-refractivity contribution in [2.24, 2.45) is 0 Å². The minimum atomic E-state index is -6.73. The third-order valence-electron chi connectivity index (χ3n) is 8.40. The summed E-state index contributed by atoms with van der Waals surface area (Å²) in [5.41, 5.74) is -28.2. The van der Waals surface area contributed by atoms with E-state index < -0.39 is 122 Å². The Morgan fingerprint density at radius 2 is 0.902 bits per heavy atom. The SMILES string of the molecule is CC[Si]1(C2CC(F)(F)C2(F)C(F)(F)F)O[Si]O[Si](C2CC(F)(F)C2(F)C(F)(F)F)(C2CC(F)(F)C2(F)C(F)(F)F)O1. The number of rotatable bonds is 4. The molecule has 3 saturated carbocycles. The minimum absolute atomic E-state index is 0.679. The van der Waals surface area contributed by atoms with E-state index >= 15 is 13.2 Å². The molecule has 0 aromatic heterocycles. The maximum absolute atomic E-state index is 15.3. The van der Waals surface area contributed by atoms with Crippen LogP contribution in [0.2, 0.25) is 22.7 Å². The summed E-state index contributed by atoms with van der Waals surface area (Å²) < 4.78 is 267. The first-order valence-electron chi connectivity index (χ1n) is 11.2. The van der Waals surface area contributed by atoms with Crippen LogP contribution in [0.1, 0.15) is 26.2 Å². The highest BCUT2D eigenvalue weighted by Crippen LogP contribution is 2.77. The molecule has 0 aromatic rings. The van der Waals surface area contributed by atoms with Crippen LogP contribution >= 0.6 is 0 Å². The first-order valence-corrected chi connectivity index (χ1v) is 16.1. The van der Waals surface area contributed by atoms with Crippen molar-refractivity contribution in [1.29, 1.82) is 0 Å².